The lowest BCUT2D eigenvalue weighted by Crippen LogP contribution is -2.52. The minimum Gasteiger partial charge on any atom is -0.378 e. The maximum absolute atomic E-state index is 12.0. The van der Waals surface area contributed by atoms with E-state index in [1.54, 1.807) is 4.52 Å². The summed E-state index contributed by atoms with van der Waals surface area (Å²) in [5, 5.41) is 7.36. The number of fused-ring (bicyclic) bond motifs is 1. The Morgan fingerprint density at radius 2 is 2.00 bits per heavy atom. The van der Waals surface area contributed by atoms with Crippen molar-refractivity contribution in [2.45, 2.75) is 38.8 Å². The summed E-state index contributed by atoms with van der Waals surface area (Å²) in [5.41, 5.74) is 4.06. The second-order valence-corrected chi connectivity index (χ2v) is 8.86. The predicted octanol–water partition coefficient (Wildman–Crippen LogP) is 3.36. The van der Waals surface area contributed by atoms with Crippen LogP contribution in [0.2, 0.25) is 0 Å². The fraction of sp³-hybridized carbons (Fsp3) is 0.435. The molecule has 2 aromatic heterocycles. The molecule has 5 rings (SSSR count). The van der Waals surface area contributed by atoms with E-state index in [-0.39, 0.29) is 17.4 Å². The van der Waals surface area contributed by atoms with Gasteiger partial charge in [-0.3, -0.25) is 15.0 Å². The SMILES string of the molecule is CC1(C)COCCN1Cc1ccc(-c2cccc3nc(NC(=O)C4CC4)nn23)cc1. The molecule has 156 valence electrons. The van der Waals surface area contributed by atoms with Crippen LogP contribution in [0.15, 0.2) is 42.5 Å². The summed E-state index contributed by atoms with van der Waals surface area (Å²) in [6, 6.07) is 14.5. The number of aromatic nitrogens is 3. The number of amides is 1. The largest absolute Gasteiger partial charge is 0.378 e. The first-order valence-electron chi connectivity index (χ1n) is 10.6. The number of carbonyl (C=O) groups excluding carboxylic acids is 1. The van der Waals surface area contributed by atoms with Crippen molar-refractivity contribution >= 4 is 17.5 Å². The highest BCUT2D eigenvalue weighted by molar-refractivity contribution is 5.92. The second-order valence-electron chi connectivity index (χ2n) is 8.86. The number of hydrogen-bond acceptors (Lipinski definition) is 5. The molecule has 2 fully saturated rings. The maximum Gasteiger partial charge on any atom is 0.249 e. The average molecular weight is 406 g/mol. The van der Waals surface area contributed by atoms with Crippen LogP contribution in [0.4, 0.5) is 5.95 Å². The summed E-state index contributed by atoms with van der Waals surface area (Å²) >= 11 is 0. The van der Waals surface area contributed by atoms with Crippen LogP contribution >= 0.6 is 0 Å². The Kier molecular flexibility index (Phi) is 4.79. The standard InChI is InChI=1S/C23H27N5O2/c1-23(2)15-30-13-12-27(23)14-16-6-8-17(9-7-16)19-4-3-5-20-24-22(26-28(19)20)25-21(29)18-10-11-18/h3-9,18H,10-15H2,1-2H3,(H,25,26,29). The van der Waals surface area contributed by atoms with Gasteiger partial charge in [-0.05, 0) is 44.4 Å². The molecular weight excluding hydrogens is 378 g/mol. The third-order valence-corrected chi connectivity index (χ3v) is 5.98. The molecule has 30 heavy (non-hydrogen) atoms. The van der Waals surface area contributed by atoms with Gasteiger partial charge in [-0.2, -0.15) is 4.98 Å². The topological polar surface area (TPSA) is 71.8 Å². The van der Waals surface area contributed by atoms with Gasteiger partial charge in [-0.25, -0.2) is 4.52 Å². The molecule has 1 saturated carbocycles. The zero-order chi connectivity index (χ0) is 20.7. The van der Waals surface area contributed by atoms with Gasteiger partial charge in [0, 0.05) is 30.1 Å². The summed E-state index contributed by atoms with van der Waals surface area (Å²) in [6.07, 6.45) is 1.91. The molecule has 0 atom stereocenters. The van der Waals surface area contributed by atoms with Crippen molar-refractivity contribution in [3.8, 4) is 11.3 Å². The number of pyridine rings is 1. The Balaban J connectivity index is 1.37. The number of benzene rings is 1. The van der Waals surface area contributed by atoms with Crippen molar-refractivity contribution < 1.29 is 9.53 Å². The van der Waals surface area contributed by atoms with E-state index in [9.17, 15) is 4.79 Å². The molecule has 7 nitrogen and oxygen atoms in total. The fourth-order valence-electron chi connectivity index (χ4n) is 3.92. The van der Waals surface area contributed by atoms with Gasteiger partial charge >= 0.3 is 0 Å². The fourth-order valence-corrected chi connectivity index (χ4v) is 3.92. The third-order valence-electron chi connectivity index (χ3n) is 5.98. The number of ether oxygens (including phenoxy) is 1. The molecular formula is C23H27N5O2. The van der Waals surface area contributed by atoms with Crippen LogP contribution in [0, 0.1) is 5.92 Å². The van der Waals surface area contributed by atoms with Crippen LogP contribution in [0.25, 0.3) is 16.9 Å². The molecule has 7 heteroatoms. The van der Waals surface area contributed by atoms with Gasteiger partial charge in [-0.1, -0.05) is 30.3 Å². The van der Waals surface area contributed by atoms with Crippen molar-refractivity contribution in [1.29, 1.82) is 0 Å². The van der Waals surface area contributed by atoms with Crippen molar-refractivity contribution in [1.82, 2.24) is 19.5 Å². The highest BCUT2D eigenvalue weighted by Crippen LogP contribution is 2.30. The van der Waals surface area contributed by atoms with E-state index in [1.165, 1.54) is 5.56 Å². The van der Waals surface area contributed by atoms with Crippen LogP contribution in [-0.2, 0) is 16.1 Å². The van der Waals surface area contributed by atoms with E-state index in [4.69, 9.17) is 4.74 Å². The van der Waals surface area contributed by atoms with Crippen LogP contribution in [0.3, 0.4) is 0 Å². The molecule has 1 aliphatic heterocycles. The van der Waals surface area contributed by atoms with Gasteiger partial charge in [0.2, 0.25) is 11.9 Å². The molecule has 2 aliphatic rings. The van der Waals surface area contributed by atoms with E-state index >= 15 is 0 Å². The van der Waals surface area contributed by atoms with E-state index in [1.807, 2.05) is 18.2 Å². The third kappa shape index (κ3) is 3.82. The van der Waals surface area contributed by atoms with Crippen molar-refractivity contribution in [3.05, 3.63) is 48.0 Å². The summed E-state index contributed by atoms with van der Waals surface area (Å²) in [5.74, 6) is 0.508. The lowest BCUT2D eigenvalue weighted by molar-refractivity contribution is -0.117. The van der Waals surface area contributed by atoms with Crippen molar-refractivity contribution in [2.24, 2.45) is 5.92 Å². The van der Waals surface area contributed by atoms with Crippen LogP contribution in [0.5, 0.6) is 0 Å². The second kappa shape index (κ2) is 7.49. The van der Waals surface area contributed by atoms with E-state index in [2.05, 4.69) is 58.4 Å². The normalized spacial score (nSPS) is 19.1. The molecule has 3 aromatic rings. The number of rotatable bonds is 5. The van der Waals surface area contributed by atoms with Gasteiger partial charge in [0.15, 0.2) is 5.65 Å². The zero-order valence-corrected chi connectivity index (χ0v) is 17.5. The lowest BCUT2D eigenvalue weighted by atomic mass is 10.0. The number of nitrogens with one attached hydrogen (secondary N) is 1. The highest BCUT2D eigenvalue weighted by Gasteiger charge is 2.31. The summed E-state index contributed by atoms with van der Waals surface area (Å²) in [4.78, 5) is 19.0. The van der Waals surface area contributed by atoms with Gasteiger partial charge in [0.05, 0.1) is 18.9 Å². The first-order valence-corrected chi connectivity index (χ1v) is 10.6. The minimum absolute atomic E-state index is 0.0165. The van der Waals surface area contributed by atoms with Gasteiger partial charge in [-0.15, -0.1) is 5.10 Å². The molecule has 0 bridgehead atoms. The molecule has 1 N–H and O–H groups in total. The number of nitrogens with zero attached hydrogens (tertiary/aromatic N) is 4. The molecule has 1 aliphatic carbocycles. The Morgan fingerprint density at radius 1 is 1.20 bits per heavy atom. The highest BCUT2D eigenvalue weighted by atomic mass is 16.5. The number of carbonyl (C=O) groups is 1. The van der Waals surface area contributed by atoms with Crippen LogP contribution in [-0.4, -0.2) is 50.7 Å². The Labute approximate surface area is 176 Å². The lowest BCUT2D eigenvalue weighted by Gasteiger charge is -2.42. The molecule has 3 heterocycles. The van der Waals surface area contributed by atoms with Crippen LogP contribution < -0.4 is 5.32 Å². The number of morpholine rings is 1. The van der Waals surface area contributed by atoms with Crippen LogP contribution in [0.1, 0.15) is 32.3 Å². The first-order chi connectivity index (χ1) is 14.5. The summed E-state index contributed by atoms with van der Waals surface area (Å²) < 4.78 is 7.42. The summed E-state index contributed by atoms with van der Waals surface area (Å²) in [7, 11) is 0. The number of hydrogen-bond donors (Lipinski definition) is 1. The monoisotopic (exact) mass is 405 g/mol. The molecule has 1 saturated heterocycles. The van der Waals surface area contributed by atoms with Gasteiger partial charge < -0.3 is 4.74 Å². The smallest absolute Gasteiger partial charge is 0.249 e. The molecule has 0 spiro atoms. The summed E-state index contributed by atoms with van der Waals surface area (Å²) in [6.45, 7) is 7.86. The Morgan fingerprint density at radius 3 is 2.73 bits per heavy atom. The number of anilines is 1. The molecule has 0 unspecified atom stereocenters. The minimum atomic E-state index is 0.0165. The Hall–Kier alpha value is -2.77. The molecule has 1 amide bonds. The van der Waals surface area contributed by atoms with Gasteiger partial charge in [0.25, 0.3) is 0 Å². The van der Waals surface area contributed by atoms with E-state index < -0.39 is 0 Å². The van der Waals surface area contributed by atoms with Gasteiger partial charge in [0.1, 0.15) is 0 Å². The molecule has 1 aromatic carbocycles. The Bertz CT molecular complexity index is 1070. The predicted molar refractivity (Wildman–Crippen MR) is 115 cm³/mol. The maximum atomic E-state index is 12.0. The average Bonchev–Trinajstić information content (AvgIpc) is 3.50. The zero-order valence-electron chi connectivity index (χ0n) is 17.5. The van der Waals surface area contributed by atoms with E-state index in [0.717, 1.165) is 56.0 Å². The van der Waals surface area contributed by atoms with Crippen molar-refractivity contribution in [2.75, 3.05) is 25.1 Å². The molecule has 0 radical (unpaired) electrons. The quantitative estimate of drug-likeness (QED) is 0.705. The van der Waals surface area contributed by atoms with Crippen molar-refractivity contribution in [3.63, 3.8) is 0 Å². The first kappa shape index (κ1) is 19.2. The van der Waals surface area contributed by atoms with E-state index in [0.29, 0.717) is 5.95 Å².